The molecule has 1 unspecified atom stereocenters. The lowest BCUT2D eigenvalue weighted by Crippen LogP contribution is -2.25. The molecule has 0 fully saturated rings. The minimum Gasteiger partial charge on any atom is -0.494 e. The largest absolute Gasteiger partial charge is 0.494 e. The maximum absolute atomic E-state index is 5.43. The normalized spacial score (nSPS) is 11.9. The Kier molecular flexibility index (Phi) is 6.10. The fourth-order valence-electron chi connectivity index (χ4n) is 2.19. The van der Waals surface area contributed by atoms with E-state index in [-0.39, 0.29) is 0 Å². The van der Waals surface area contributed by atoms with Gasteiger partial charge in [0.2, 0.25) is 0 Å². The quantitative estimate of drug-likeness (QED) is 0.722. The Hall–Kier alpha value is -2.00. The average Bonchev–Trinajstić information content (AvgIpc) is 2.54. The van der Waals surface area contributed by atoms with Gasteiger partial charge in [0.05, 0.1) is 6.61 Å². The van der Waals surface area contributed by atoms with E-state index in [9.17, 15) is 0 Å². The van der Waals surface area contributed by atoms with Crippen molar-refractivity contribution in [3.8, 4) is 5.75 Å². The highest BCUT2D eigenvalue weighted by Crippen LogP contribution is 2.15. The first kappa shape index (κ1) is 15.4. The highest BCUT2D eigenvalue weighted by molar-refractivity contribution is 5.46. The Labute approximate surface area is 127 Å². The van der Waals surface area contributed by atoms with E-state index in [2.05, 4.69) is 41.8 Å². The number of nitrogens with one attached hydrogen (secondary N) is 2. The Morgan fingerprint density at radius 2 is 1.67 bits per heavy atom. The summed E-state index contributed by atoms with van der Waals surface area (Å²) in [5.74, 6) is 0.916. The summed E-state index contributed by atoms with van der Waals surface area (Å²) in [6.45, 7) is 6.69. The van der Waals surface area contributed by atoms with Gasteiger partial charge in [-0.1, -0.05) is 30.3 Å². The molecule has 1 atom stereocenters. The average molecular weight is 284 g/mol. The van der Waals surface area contributed by atoms with Gasteiger partial charge < -0.3 is 15.4 Å². The predicted octanol–water partition coefficient (Wildman–Crippen LogP) is 3.85. The zero-order valence-electron chi connectivity index (χ0n) is 12.8. The lowest BCUT2D eigenvalue weighted by atomic mass is 10.1. The van der Waals surface area contributed by atoms with Crippen LogP contribution in [0.4, 0.5) is 5.69 Å². The number of anilines is 1. The molecule has 0 aliphatic carbocycles. The van der Waals surface area contributed by atoms with Crippen molar-refractivity contribution in [2.45, 2.75) is 19.9 Å². The van der Waals surface area contributed by atoms with E-state index in [0.29, 0.717) is 12.6 Å². The molecule has 0 aliphatic heterocycles. The summed E-state index contributed by atoms with van der Waals surface area (Å²) in [4.78, 5) is 0. The van der Waals surface area contributed by atoms with Gasteiger partial charge in [-0.15, -0.1) is 0 Å². The molecule has 0 saturated heterocycles. The van der Waals surface area contributed by atoms with Crippen LogP contribution < -0.4 is 15.4 Å². The van der Waals surface area contributed by atoms with Gasteiger partial charge in [-0.2, -0.15) is 0 Å². The second-order valence-corrected chi connectivity index (χ2v) is 4.97. The van der Waals surface area contributed by atoms with Crippen LogP contribution in [0.25, 0.3) is 0 Å². The van der Waals surface area contributed by atoms with Gasteiger partial charge in [-0.05, 0) is 43.7 Å². The number of ether oxygens (including phenoxy) is 1. The monoisotopic (exact) mass is 284 g/mol. The van der Waals surface area contributed by atoms with Crippen molar-refractivity contribution < 1.29 is 4.74 Å². The summed E-state index contributed by atoms with van der Waals surface area (Å²) in [6, 6.07) is 18.9. The number of benzene rings is 2. The topological polar surface area (TPSA) is 33.3 Å². The standard InChI is InChI=1S/C18H24N2O/c1-3-21-18-11-9-17(10-12-18)20-14-13-19-15(2)16-7-5-4-6-8-16/h4-12,15,19-20H,3,13-14H2,1-2H3. The maximum atomic E-state index is 5.43. The summed E-state index contributed by atoms with van der Waals surface area (Å²) in [7, 11) is 0. The van der Waals surface area contributed by atoms with E-state index in [0.717, 1.165) is 24.5 Å². The third kappa shape index (κ3) is 5.12. The van der Waals surface area contributed by atoms with Crippen LogP contribution in [0.5, 0.6) is 5.75 Å². The van der Waals surface area contributed by atoms with Crippen molar-refractivity contribution in [3.63, 3.8) is 0 Å². The Morgan fingerprint density at radius 3 is 2.33 bits per heavy atom. The molecule has 0 amide bonds. The van der Waals surface area contributed by atoms with E-state index < -0.39 is 0 Å². The highest BCUT2D eigenvalue weighted by atomic mass is 16.5. The summed E-state index contributed by atoms with van der Waals surface area (Å²) in [6.07, 6.45) is 0. The minimum atomic E-state index is 0.369. The lowest BCUT2D eigenvalue weighted by molar-refractivity contribution is 0.340. The smallest absolute Gasteiger partial charge is 0.119 e. The first-order valence-electron chi connectivity index (χ1n) is 7.54. The number of hydrogen-bond donors (Lipinski definition) is 2. The molecule has 0 aromatic heterocycles. The molecule has 2 aromatic carbocycles. The molecule has 0 spiro atoms. The van der Waals surface area contributed by atoms with Crippen molar-refractivity contribution in [1.29, 1.82) is 0 Å². The van der Waals surface area contributed by atoms with Crippen molar-refractivity contribution in [2.24, 2.45) is 0 Å². The second-order valence-electron chi connectivity index (χ2n) is 4.97. The molecule has 0 radical (unpaired) electrons. The van der Waals surface area contributed by atoms with Crippen LogP contribution in [0, 0.1) is 0 Å². The van der Waals surface area contributed by atoms with E-state index in [1.54, 1.807) is 0 Å². The molecule has 0 bridgehead atoms. The Balaban J connectivity index is 1.69. The molecular weight excluding hydrogens is 260 g/mol. The lowest BCUT2D eigenvalue weighted by Gasteiger charge is -2.15. The van der Waals surface area contributed by atoms with Crippen molar-refractivity contribution in [2.75, 3.05) is 25.0 Å². The molecular formula is C18H24N2O. The molecule has 2 aromatic rings. The highest BCUT2D eigenvalue weighted by Gasteiger charge is 2.02. The van der Waals surface area contributed by atoms with Gasteiger partial charge in [0.15, 0.2) is 0 Å². The second kappa shape index (κ2) is 8.32. The zero-order valence-corrected chi connectivity index (χ0v) is 12.8. The van der Waals surface area contributed by atoms with Gasteiger partial charge in [0, 0.05) is 24.8 Å². The SMILES string of the molecule is CCOc1ccc(NCCNC(C)c2ccccc2)cc1. The third-order valence-electron chi connectivity index (χ3n) is 3.37. The Bertz CT molecular complexity index is 511. The van der Waals surface area contributed by atoms with Gasteiger partial charge in [-0.25, -0.2) is 0 Å². The van der Waals surface area contributed by atoms with Gasteiger partial charge in [0.25, 0.3) is 0 Å². The Morgan fingerprint density at radius 1 is 0.952 bits per heavy atom. The maximum Gasteiger partial charge on any atom is 0.119 e. The van der Waals surface area contributed by atoms with Crippen molar-refractivity contribution in [3.05, 3.63) is 60.2 Å². The van der Waals surface area contributed by atoms with Gasteiger partial charge >= 0.3 is 0 Å². The predicted molar refractivity (Wildman–Crippen MR) is 89.0 cm³/mol. The van der Waals surface area contributed by atoms with Crippen molar-refractivity contribution >= 4 is 5.69 Å². The summed E-state index contributed by atoms with van der Waals surface area (Å²) >= 11 is 0. The van der Waals surface area contributed by atoms with Crippen LogP contribution in [0.3, 0.4) is 0 Å². The molecule has 2 rings (SSSR count). The van der Waals surface area contributed by atoms with Crippen LogP contribution in [0.15, 0.2) is 54.6 Å². The van der Waals surface area contributed by atoms with E-state index in [1.165, 1.54) is 5.56 Å². The summed E-state index contributed by atoms with van der Waals surface area (Å²) in [5, 5.41) is 6.92. The molecule has 0 saturated carbocycles. The molecule has 0 aliphatic rings. The van der Waals surface area contributed by atoms with Crippen LogP contribution >= 0.6 is 0 Å². The molecule has 2 N–H and O–H groups in total. The summed E-state index contributed by atoms with van der Waals surface area (Å²) < 4.78 is 5.43. The van der Waals surface area contributed by atoms with Gasteiger partial charge in [0.1, 0.15) is 5.75 Å². The minimum absolute atomic E-state index is 0.369. The van der Waals surface area contributed by atoms with E-state index in [4.69, 9.17) is 4.74 Å². The van der Waals surface area contributed by atoms with Crippen LogP contribution in [-0.2, 0) is 0 Å². The van der Waals surface area contributed by atoms with E-state index in [1.807, 2.05) is 37.3 Å². The van der Waals surface area contributed by atoms with Crippen molar-refractivity contribution in [1.82, 2.24) is 5.32 Å². The van der Waals surface area contributed by atoms with Crippen LogP contribution in [-0.4, -0.2) is 19.7 Å². The summed E-state index contributed by atoms with van der Waals surface area (Å²) in [5.41, 5.74) is 2.44. The fourth-order valence-corrected chi connectivity index (χ4v) is 2.19. The third-order valence-corrected chi connectivity index (χ3v) is 3.37. The molecule has 112 valence electrons. The van der Waals surface area contributed by atoms with Gasteiger partial charge in [-0.3, -0.25) is 0 Å². The molecule has 0 heterocycles. The molecule has 3 nitrogen and oxygen atoms in total. The molecule has 21 heavy (non-hydrogen) atoms. The van der Waals surface area contributed by atoms with Crippen LogP contribution in [0.2, 0.25) is 0 Å². The first-order chi connectivity index (χ1) is 10.3. The first-order valence-corrected chi connectivity index (χ1v) is 7.54. The van der Waals surface area contributed by atoms with E-state index >= 15 is 0 Å². The number of hydrogen-bond acceptors (Lipinski definition) is 3. The zero-order chi connectivity index (χ0) is 14.9. The molecule has 3 heteroatoms. The van der Waals surface area contributed by atoms with Crippen LogP contribution in [0.1, 0.15) is 25.5 Å². The fraction of sp³-hybridized carbons (Fsp3) is 0.333. The number of rotatable bonds is 8.